The highest BCUT2D eigenvalue weighted by Gasteiger charge is 2.28. The van der Waals surface area contributed by atoms with E-state index in [0.29, 0.717) is 6.61 Å². The predicted molar refractivity (Wildman–Crippen MR) is 61.6 cm³/mol. The van der Waals surface area contributed by atoms with Crippen molar-refractivity contribution in [1.29, 1.82) is 0 Å². The molecule has 0 saturated carbocycles. The van der Waals surface area contributed by atoms with Crippen LogP contribution < -0.4 is 0 Å². The minimum atomic E-state index is -0.824. The summed E-state index contributed by atoms with van der Waals surface area (Å²) in [5, 5.41) is 9.43. The first-order chi connectivity index (χ1) is 7.29. The van der Waals surface area contributed by atoms with Crippen molar-refractivity contribution in [2.75, 3.05) is 13.2 Å². The van der Waals surface area contributed by atoms with Gasteiger partial charge in [-0.3, -0.25) is 0 Å². The molecule has 0 aliphatic rings. The molecular weight excluding hydrogens is 188 g/mol. The van der Waals surface area contributed by atoms with Gasteiger partial charge in [-0.05, 0) is 5.56 Å². The Kier molecular flexibility index (Phi) is 4.28. The van der Waals surface area contributed by atoms with Crippen LogP contribution in [0.3, 0.4) is 0 Å². The van der Waals surface area contributed by atoms with Gasteiger partial charge in [0.25, 0.3) is 0 Å². The maximum Gasteiger partial charge on any atom is 0.134 e. The smallest absolute Gasteiger partial charge is 0.134 e. The van der Waals surface area contributed by atoms with E-state index in [0.717, 1.165) is 5.56 Å². The molecular formula is C13H16O2. The molecule has 0 aromatic heterocycles. The van der Waals surface area contributed by atoms with Crippen LogP contribution in [0.15, 0.2) is 55.6 Å². The molecule has 1 rings (SSSR count). The van der Waals surface area contributed by atoms with E-state index in [1.807, 2.05) is 30.3 Å². The summed E-state index contributed by atoms with van der Waals surface area (Å²) in [5.41, 5.74) is 0.0690. The van der Waals surface area contributed by atoms with Crippen LogP contribution >= 0.6 is 0 Å². The van der Waals surface area contributed by atoms with Gasteiger partial charge in [-0.15, -0.1) is 6.58 Å². The minimum Gasteiger partial charge on any atom is -0.393 e. The molecule has 80 valence electrons. The predicted octanol–water partition coefficient (Wildman–Crippen LogP) is 2.26. The maximum atomic E-state index is 9.43. The highest BCUT2D eigenvalue weighted by Crippen LogP contribution is 2.26. The van der Waals surface area contributed by atoms with Crippen molar-refractivity contribution in [2.24, 2.45) is 0 Å². The van der Waals surface area contributed by atoms with E-state index in [-0.39, 0.29) is 6.61 Å². The van der Waals surface area contributed by atoms with Crippen molar-refractivity contribution in [3.05, 3.63) is 61.2 Å². The summed E-state index contributed by atoms with van der Waals surface area (Å²) in [7, 11) is 0. The van der Waals surface area contributed by atoms with Crippen LogP contribution in [0.5, 0.6) is 0 Å². The average molecular weight is 204 g/mol. The number of aliphatic hydroxyl groups is 1. The fourth-order valence-electron chi connectivity index (χ4n) is 1.39. The monoisotopic (exact) mass is 204 g/mol. The van der Waals surface area contributed by atoms with E-state index >= 15 is 0 Å². The van der Waals surface area contributed by atoms with Gasteiger partial charge in [0.15, 0.2) is 0 Å². The number of ether oxygens (including phenoxy) is 1. The molecule has 1 atom stereocenters. The zero-order valence-electron chi connectivity index (χ0n) is 8.73. The summed E-state index contributed by atoms with van der Waals surface area (Å²) >= 11 is 0. The number of benzene rings is 1. The van der Waals surface area contributed by atoms with E-state index < -0.39 is 5.60 Å². The molecule has 0 aliphatic heterocycles. The fourth-order valence-corrected chi connectivity index (χ4v) is 1.39. The highest BCUT2D eigenvalue weighted by atomic mass is 16.5. The fraction of sp³-hybridized carbons (Fsp3) is 0.231. The van der Waals surface area contributed by atoms with Gasteiger partial charge >= 0.3 is 0 Å². The topological polar surface area (TPSA) is 29.5 Å². The molecule has 1 N–H and O–H groups in total. The van der Waals surface area contributed by atoms with Gasteiger partial charge in [0.1, 0.15) is 5.60 Å². The largest absolute Gasteiger partial charge is 0.393 e. The molecule has 0 radical (unpaired) electrons. The summed E-state index contributed by atoms with van der Waals surface area (Å²) in [4.78, 5) is 0. The van der Waals surface area contributed by atoms with E-state index in [9.17, 15) is 5.11 Å². The molecule has 2 nitrogen and oxygen atoms in total. The number of hydrogen-bond donors (Lipinski definition) is 1. The standard InChI is InChI=1S/C13H16O2/c1-3-10-15-13(4-2,11-14)12-8-6-5-7-9-12/h3-9,14H,1-2,10-11H2/t13-/m1/s1. The zero-order chi connectivity index (χ0) is 11.1. The molecule has 0 fully saturated rings. The van der Waals surface area contributed by atoms with Crippen LogP contribution in [0.2, 0.25) is 0 Å². The van der Waals surface area contributed by atoms with E-state index in [2.05, 4.69) is 13.2 Å². The third-order valence-electron chi connectivity index (χ3n) is 2.29. The van der Waals surface area contributed by atoms with Crippen molar-refractivity contribution >= 4 is 0 Å². The summed E-state index contributed by atoms with van der Waals surface area (Å²) < 4.78 is 5.58. The minimum absolute atomic E-state index is 0.131. The van der Waals surface area contributed by atoms with Gasteiger partial charge in [0.05, 0.1) is 13.2 Å². The summed E-state index contributed by atoms with van der Waals surface area (Å²) in [5.74, 6) is 0. The molecule has 0 heterocycles. The van der Waals surface area contributed by atoms with Gasteiger partial charge in [0, 0.05) is 0 Å². The van der Waals surface area contributed by atoms with Crippen LogP contribution in [-0.4, -0.2) is 18.3 Å². The second-order valence-corrected chi connectivity index (χ2v) is 3.22. The zero-order valence-corrected chi connectivity index (χ0v) is 8.73. The molecule has 1 aromatic rings. The van der Waals surface area contributed by atoms with Gasteiger partial charge in [-0.25, -0.2) is 0 Å². The molecule has 0 unspecified atom stereocenters. The second-order valence-electron chi connectivity index (χ2n) is 3.22. The number of aliphatic hydroxyl groups excluding tert-OH is 1. The van der Waals surface area contributed by atoms with Crippen LogP contribution in [0.1, 0.15) is 5.56 Å². The molecule has 0 bridgehead atoms. The lowest BCUT2D eigenvalue weighted by atomic mass is 9.94. The summed E-state index contributed by atoms with van der Waals surface area (Å²) in [6.45, 7) is 7.54. The molecule has 0 aliphatic carbocycles. The molecule has 1 aromatic carbocycles. The van der Waals surface area contributed by atoms with Crippen molar-refractivity contribution in [3.8, 4) is 0 Å². The molecule has 15 heavy (non-hydrogen) atoms. The third-order valence-corrected chi connectivity index (χ3v) is 2.29. The second kappa shape index (κ2) is 5.49. The van der Waals surface area contributed by atoms with Crippen LogP contribution in [0.4, 0.5) is 0 Å². The quantitative estimate of drug-likeness (QED) is 0.720. The van der Waals surface area contributed by atoms with Crippen molar-refractivity contribution < 1.29 is 9.84 Å². The molecule has 0 saturated heterocycles. The van der Waals surface area contributed by atoms with Gasteiger partial charge in [-0.2, -0.15) is 0 Å². The number of rotatable bonds is 6. The lowest BCUT2D eigenvalue weighted by Gasteiger charge is -2.28. The Morgan fingerprint density at radius 1 is 1.27 bits per heavy atom. The van der Waals surface area contributed by atoms with Crippen LogP contribution in [0.25, 0.3) is 0 Å². The van der Waals surface area contributed by atoms with Crippen LogP contribution in [-0.2, 0) is 10.3 Å². The van der Waals surface area contributed by atoms with Crippen LogP contribution in [0, 0.1) is 0 Å². The number of hydrogen-bond acceptors (Lipinski definition) is 2. The summed E-state index contributed by atoms with van der Waals surface area (Å²) in [6, 6.07) is 9.53. The van der Waals surface area contributed by atoms with Gasteiger partial charge in [-0.1, -0.05) is 49.1 Å². The first-order valence-corrected chi connectivity index (χ1v) is 4.84. The lowest BCUT2D eigenvalue weighted by molar-refractivity contribution is -0.0363. The van der Waals surface area contributed by atoms with Crippen molar-refractivity contribution in [2.45, 2.75) is 5.60 Å². The Balaban J connectivity index is 2.99. The first kappa shape index (κ1) is 11.7. The Bertz CT molecular complexity index is 319. The first-order valence-electron chi connectivity index (χ1n) is 4.84. The molecule has 0 amide bonds. The Hall–Kier alpha value is -1.38. The maximum absolute atomic E-state index is 9.43. The molecule has 0 spiro atoms. The van der Waals surface area contributed by atoms with Crippen molar-refractivity contribution in [3.63, 3.8) is 0 Å². The summed E-state index contributed by atoms with van der Waals surface area (Å²) in [6.07, 6.45) is 3.27. The van der Waals surface area contributed by atoms with Crippen molar-refractivity contribution in [1.82, 2.24) is 0 Å². The van der Waals surface area contributed by atoms with E-state index in [1.54, 1.807) is 12.2 Å². The van der Waals surface area contributed by atoms with E-state index in [1.165, 1.54) is 0 Å². The Labute approximate surface area is 90.5 Å². The highest BCUT2D eigenvalue weighted by molar-refractivity contribution is 5.27. The van der Waals surface area contributed by atoms with Gasteiger partial charge in [0.2, 0.25) is 0 Å². The Morgan fingerprint density at radius 2 is 1.93 bits per heavy atom. The normalized spacial score (nSPS) is 14.2. The lowest BCUT2D eigenvalue weighted by Crippen LogP contribution is -2.31. The van der Waals surface area contributed by atoms with Gasteiger partial charge < -0.3 is 9.84 Å². The third kappa shape index (κ3) is 2.55. The Morgan fingerprint density at radius 3 is 2.40 bits per heavy atom. The molecule has 2 heteroatoms. The average Bonchev–Trinajstić information content (AvgIpc) is 2.33. The SMILES string of the molecule is C=CCO[C@](C=C)(CO)c1ccccc1. The van der Waals surface area contributed by atoms with E-state index in [4.69, 9.17) is 4.74 Å².